The van der Waals surface area contributed by atoms with Gasteiger partial charge < -0.3 is 25.5 Å². The Kier molecular flexibility index (Phi) is 5.36. The van der Waals surface area contributed by atoms with Gasteiger partial charge in [-0.25, -0.2) is 9.59 Å². The fraction of sp³-hybridized carbons (Fsp3) is 0.818. The number of carboxylic acids is 1. The van der Waals surface area contributed by atoms with Gasteiger partial charge in [0, 0.05) is 26.1 Å². The molecular formula is C11H20N2O5. The molecule has 2 amide bonds. The van der Waals surface area contributed by atoms with Crippen LogP contribution in [0.4, 0.5) is 4.79 Å². The molecule has 1 fully saturated rings. The van der Waals surface area contributed by atoms with Crippen molar-refractivity contribution in [3.63, 3.8) is 0 Å². The Labute approximate surface area is 105 Å². The van der Waals surface area contributed by atoms with Gasteiger partial charge in [0.2, 0.25) is 0 Å². The van der Waals surface area contributed by atoms with E-state index in [9.17, 15) is 14.7 Å². The van der Waals surface area contributed by atoms with Gasteiger partial charge in [0.05, 0.1) is 6.10 Å². The molecule has 104 valence electrons. The number of amides is 2. The monoisotopic (exact) mass is 260 g/mol. The third kappa shape index (κ3) is 3.85. The molecule has 0 aromatic rings. The molecule has 1 saturated heterocycles. The zero-order chi connectivity index (χ0) is 13.7. The average molecular weight is 260 g/mol. The number of aliphatic hydroxyl groups is 2. The molecule has 3 unspecified atom stereocenters. The maximum absolute atomic E-state index is 11.8. The number of nitrogens with zero attached hydrogens (tertiary/aromatic N) is 1. The minimum atomic E-state index is -1.16. The minimum Gasteiger partial charge on any atom is -0.480 e. The molecule has 4 N–H and O–H groups in total. The van der Waals surface area contributed by atoms with Crippen LogP contribution in [0.15, 0.2) is 0 Å². The van der Waals surface area contributed by atoms with Crippen LogP contribution in [0, 0.1) is 5.92 Å². The molecule has 0 bridgehead atoms. The predicted molar refractivity (Wildman–Crippen MR) is 63.0 cm³/mol. The fourth-order valence-electron chi connectivity index (χ4n) is 1.94. The lowest BCUT2D eigenvalue weighted by atomic mass is 9.97. The Bertz CT molecular complexity index is 310. The van der Waals surface area contributed by atoms with Crippen LogP contribution >= 0.6 is 0 Å². The smallest absolute Gasteiger partial charge is 0.326 e. The average Bonchev–Trinajstić information content (AvgIpc) is 2.31. The second kappa shape index (κ2) is 6.55. The fourth-order valence-corrected chi connectivity index (χ4v) is 1.94. The number of carbonyl (C=O) groups is 2. The Morgan fingerprint density at radius 3 is 2.67 bits per heavy atom. The van der Waals surface area contributed by atoms with Gasteiger partial charge in [-0.1, -0.05) is 6.92 Å². The normalized spacial score (nSPS) is 25.6. The Morgan fingerprint density at radius 1 is 1.50 bits per heavy atom. The van der Waals surface area contributed by atoms with E-state index in [1.165, 1.54) is 4.90 Å². The van der Waals surface area contributed by atoms with E-state index in [1.807, 2.05) is 6.92 Å². The summed E-state index contributed by atoms with van der Waals surface area (Å²) >= 11 is 0. The lowest BCUT2D eigenvalue weighted by Crippen LogP contribution is -2.52. The number of carbonyl (C=O) groups excluding carboxylic acids is 1. The highest BCUT2D eigenvalue weighted by Gasteiger charge is 2.29. The second-order valence-corrected chi connectivity index (χ2v) is 4.63. The molecule has 7 nitrogen and oxygen atoms in total. The van der Waals surface area contributed by atoms with E-state index in [4.69, 9.17) is 10.2 Å². The first-order valence-corrected chi connectivity index (χ1v) is 6.03. The van der Waals surface area contributed by atoms with Crippen LogP contribution in [0.3, 0.4) is 0 Å². The first-order chi connectivity index (χ1) is 8.45. The summed E-state index contributed by atoms with van der Waals surface area (Å²) in [5.74, 6) is -1.19. The predicted octanol–water partition coefficient (Wildman–Crippen LogP) is -0.766. The van der Waals surface area contributed by atoms with Crippen molar-refractivity contribution in [3.05, 3.63) is 0 Å². The summed E-state index contributed by atoms with van der Waals surface area (Å²) in [6.45, 7) is 2.35. The summed E-state index contributed by atoms with van der Waals surface area (Å²) in [5, 5.41) is 29.5. The summed E-state index contributed by atoms with van der Waals surface area (Å²) in [5.41, 5.74) is 0. The SMILES string of the molecule is CC1CN(C(=O)NC(CCO)C(=O)O)CCC1O. The van der Waals surface area contributed by atoms with E-state index in [1.54, 1.807) is 0 Å². The van der Waals surface area contributed by atoms with Crippen LogP contribution in [-0.2, 0) is 4.79 Å². The van der Waals surface area contributed by atoms with E-state index < -0.39 is 24.1 Å². The number of hydrogen-bond acceptors (Lipinski definition) is 4. The molecule has 0 radical (unpaired) electrons. The van der Waals surface area contributed by atoms with Gasteiger partial charge in [0.15, 0.2) is 0 Å². The molecular weight excluding hydrogens is 240 g/mol. The molecule has 18 heavy (non-hydrogen) atoms. The van der Waals surface area contributed by atoms with Crippen molar-refractivity contribution in [3.8, 4) is 0 Å². The molecule has 0 aliphatic carbocycles. The molecule has 1 aliphatic heterocycles. The van der Waals surface area contributed by atoms with Crippen molar-refractivity contribution >= 4 is 12.0 Å². The highest BCUT2D eigenvalue weighted by Crippen LogP contribution is 2.16. The van der Waals surface area contributed by atoms with Gasteiger partial charge in [-0.15, -0.1) is 0 Å². The topological polar surface area (TPSA) is 110 Å². The zero-order valence-corrected chi connectivity index (χ0v) is 10.4. The van der Waals surface area contributed by atoms with Crippen molar-refractivity contribution < 1.29 is 24.9 Å². The number of hydrogen-bond donors (Lipinski definition) is 4. The van der Waals surface area contributed by atoms with E-state index in [0.717, 1.165) is 0 Å². The molecule has 1 rings (SSSR count). The van der Waals surface area contributed by atoms with Crippen molar-refractivity contribution in [1.82, 2.24) is 10.2 Å². The van der Waals surface area contributed by atoms with Crippen LogP contribution in [0.1, 0.15) is 19.8 Å². The third-order valence-corrected chi connectivity index (χ3v) is 3.16. The van der Waals surface area contributed by atoms with E-state index >= 15 is 0 Å². The van der Waals surface area contributed by atoms with Gasteiger partial charge in [0.25, 0.3) is 0 Å². The van der Waals surface area contributed by atoms with Gasteiger partial charge in [-0.05, 0) is 12.3 Å². The maximum atomic E-state index is 11.8. The number of carboxylic acid groups (broad SMARTS) is 1. The quantitative estimate of drug-likeness (QED) is 0.531. The molecule has 0 aromatic carbocycles. The van der Waals surface area contributed by atoms with Gasteiger partial charge in [-0.3, -0.25) is 0 Å². The first-order valence-electron chi connectivity index (χ1n) is 6.03. The van der Waals surface area contributed by atoms with E-state index in [-0.39, 0.29) is 18.9 Å². The largest absolute Gasteiger partial charge is 0.480 e. The van der Waals surface area contributed by atoms with E-state index in [2.05, 4.69) is 5.32 Å². The number of nitrogens with one attached hydrogen (secondary N) is 1. The molecule has 0 spiro atoms. The Hall–Kier alpha value is -1.34. The summed E-state index contributed by atoms with van der Waals surface area (Å²) in [7, 11) is 0. The van der Waals surface area contributed by atoms with Crippen LogP contribution < -0.4 is 5.32 Å². The standard InChI is InChI=1S/C11H20N2O5/c1-7-6-13(4-2-9(7)15)11(18)12-8(3-5-14)10(16)17/h7-9,14-15H,2-6H2,1H3,(H,12,18)(H,16,17). The summed E-state index contributed by atoms with van der Waals surface area (Å²) in [6, 6.07) is -1.54. The number of aliphatic carboxylic acids is 1. The van der Waals surface area contributed by atoms with Crippen molar-refractivity contribution in [2.45, 2.75) is 31.9 Å². The first kappa shape index (κ1) is 14.7. The summed E-state index contributed by atoms with van der Waals surface area (Å²) < 4.78 is 0. The highest BCUT2D eigenvalue weighted by atomic mass is 16.4. The van der Waals surface area contributed by atoms with Crippen LogP contribution in [0.2, 0.25) is 0 Å². The Morgan fingerprint density at radius 2 is 2.17 bits per heavy atom. The molecule has 3 atom stereocenters. The molecule has 7 heteroatoms. The maximum Gasteiger partial charge on any atom is 0.326 e. The van der Waals surface area contributed by atoms with Gasteiger partial charge in [0.1, 0.15) is 6.04 Å². The molecule has 0 aromatic heterocycles. The van der Waals surface area contributed by atoms with Crippen LogP contribution in [-0.4, -0.2) is 64.1 Å². The lowest BCUT2D eigenvalue weighted by Gasteiger charge is -2.34. The number of rotatable bonds is 4. The molecule has 0 saturated carbocycles. The van der Waals surface area contributed by atoms with E-state index in [0.29, 0.717) is 19.5 Å². The van der Waals surface area contributed by atoms with Crippen LogP contribution in [0.25, 0.3) is 0 Å². The summed E-state index contributed by atoms with van der Waals surface area (Å²) in [6.07, 6.45) is 0.0566. The molecule has 1 aliphatic rings. The van der Waals surface area contributed by atoms with Crippen molar-refractivity contribution in [2.75, 3.05) is 19.7 Å². The second-order valence-electron chi connectivity index (χ2n) is 4.63. The number of piperidine rings is 1. The highest BCUT2D eigenvalue weighted by molar-refractivity contribution is 5.82. The Balaban J connectivity index is 2.51. The van der Waals surface area contributed by atoms with Gasteiger partial charge >= 0.3 is 12.0 Å². The number of aliphatic hydroxyl groups excluding tert-OH is 2. The zero-order valence-electron chi connectivity index (χ0n) is 10.4. The van der Waals surface area contributed by atoms with Crippen molar-refractivity contribution in [2.24, 2.45) is 5.92 Å². The number of urea groups is 1. The van der Waals surface area contributed by atoms with Gasteiger partial charge in [-0.2, -0.15) is 0 Å². The van der Waals surface area contributed by atoms with Crippen molar-refractivity contribution in [1.29, 1.82) is 0 Å². The number of likely N-dealkylation sites (tertiary alicyclic amines) is 1. The van der Waals surface area contributed by atoms with Crippen LogP contribution in [0.5, 0.6) is 0 Å². The third-order valence-electron chi connectivity index (χ3n) is 3.16. The minimum absolute atomic E-state index is 0.0207. The summed E-state index contributed by atoms with van der Waals surface area (Å²) in [4.78, 5) is 24.2. The lowest BCUT2D eigenvalue weighted by molar-refractivity contribution is -0.139. The molecule has 1 heterocycles.